The van der Waals surface area contributed by atoms with Crippen molar-refractivity contribution in [3.05, 3.63) is 98.3 Å². The molecule has 2 aliphatic rings. The number of nitrogens with zero attached hydrogens (tertiary/aromatic N) is 3. The van der Waals surface area contributed by atoms with Crippen LogP contribution in [-0.2, 0) is 10.5 Å². The molecule has 1 fully saturated rings. The maximum absolute atomic E-state index is 13.8. The number of amides is 2. The molecule has 2 N–H and O–H groups in total. The first kappa shape index (κ1) is 28.0. The molecule has 40 heavy (non-hydrogen) atoms. The smallest absolute Gasteiger partial charge is 0.280 e. The molecule has 0 saturated carbocycles. The second kappa shape index (κ2) is 11.9. The largest absolute Gasteiger partial charge is 0.369 e. The van der Waals surface area contributed by atoms with Gasteiger partial charge in [-0.15, -0.1) is 11.8 Å². The number of thioether (sulfide) groups is 1. The van der Waals surface area contributed by atoms with Gasteiger partial charge in [-0.05, 0) is 56.2 Å². The number of aryl methyl sites for hydroxylation is 1. The molecular formula is C30H32ClN5O3S. The number of hydrogen-bond acceptors (Lipinski definition) is 6. The third-order valence-corrected chi connectivity index (χ3v) is 8.76. The number of benzene rings is 2. The van der Waals surface area contributed by atoms with Crippen molar-refractivity contribution in [2.24, 2.45) is 0 Å². The van der Waals surface area contributed by atoms with Gasteiger partial charge in [0.15, 0.2) is 5.78 Å². The Morgan fingerprint density at radius 1 is 0.975 bits per heavy atom. The molecule has 208 valence electrons. The molecule has 10 heteroatoms. The molecule has 3 aromatic rings. The van der Waals surface area contributed by atoms with Crippen LogP contribution < -0.4 is 10.4 Å². The zero-order chi connectivity index (χ0) is 28.4. The number of ketones is 1. The fourth-order valence-corrected chi connectivity index (χ4v) is 6.49. The van der Waals surface area contributed by atoms with Crippen molar-refractivity contribution in [1.82, 2.24) is 20.2 Å². The number of piperazine rings is 1. The van der Waals surface area contributed by atoms with E-state index in [0.29, 0.717) is 70.9 Å². The molecule has 0 radical (unpaired) electrons. The minimum atomic E-state index is -0.104. The second-order valence-corrected chi connectivity index (χ2v) is 11.4. The average Bonchev–Trinajstić information content (AvgIpc) is 3.27. The van der Waals surface area contributed by atoms with Crippen molar-refractivity contribution in [2.75, 3.05) is 37.7 Å². The van der Waals surface area contributed by atoms with Crippen LogP contribution in [0.1, 0.15) is 44.6 Å². The van der Waals surface area contributed by atoms with Crippen molar-refractivity contribution in [3.8, 4) is 0 Å². The predicted molar refractivity (Wildman–Crippen MR) is 159 cm³/mol. The number of para-hydroxylation sites is 1. The van der Waals surface area contributed by atoms with Gasteiger partial charge in [-0.3, -0.25) is 14.4 Å². The lowest BCUT2D eigenvalue weighted by Gasteiger charge is -2.41. The highest BCUT2D eigenvalue weighted by atomic mass is 35.5. The van der Waals surface area contributed by atoms with E-state index in [4.69, 9.17) is 11.6 Å². The fraction of sp³-hybridized carbons (Fsp3) is 0.300. The van der Waals surface area contributed by atoms with Crippen LogP contribution in [0.25, 0.3) is 0 Å². The number of aromatic amines is 1. The minimum absolute atomic E-state index is 0.0512. The molecule has 0 aliphatic carbocycles. The number of carbonyl (C=O) groups excluding carboxylic acids is 3. The molecule has 2 aliphatic heterocycles. The van der Waals surface area contributed by atoms with Gasteiger partial charge in [-0.2, -0.15) is 0 Å². The summed E-state index contributed by atoms with van der Waals surface area (Å²) in [6.45, 7) is 7.88. The van der Waals surface area contributed by atoms with Crippen molar-refractivity contribution in [1.29, 1.82) is 0 Å². The summed E-state index contributed by atoms with van der Waals surface area (Å²) in [5.41, 5.74) is 8.57. The molecule has 2 amide bonds. The van der Waals surface area contributed by atoms with Gasteiger partial charge >= 0.3 is 0 Å². The summed E-state index contributed by atoms with van der Waals surface area (Å²) < 4.78 is 0. The number of halogens is 1. The van der Waals surface area contributed by atoms with Crippen LogP contribution in [0.3, 0.4) is 0 Å². The van der Waals surface area contributed by atoms with Crippen LogP contribution in [0.15, 0.2) is 65.2 Å². The van der Waals surface area contributed by atoms with Gasteiger partial charge in [0.05, 0.1) is 17.1 Å². The normalized spacial score (nSPS) is 16.1. The first-order chi connectivity index (χ1) is 19.2. The van der Waals surface area contributed by atoms with E-state index in [2.05, 4.69) is 15.3 Å². The Bertz CT molecular complexity index is 1460. The van der Waals surface area contributed by atoms with E-state index >= 15 is 0 Å². The second-order valence-electron chi connectivity index (χ2n) is 9.96. The Balaban J connectivity index is 1.35. The quantitative estimate of drug-likeness (QED) is 0.387. The van der Waals surface area contributed by atoms with Gasteiger partial charge in [0.2, 0.25) is 0 Å². The van der Waals surface area contributed by atoms with E-state index in [9.17, 15) is 14.4 Å². The van der Waals surface area contributed by atoms with E-state index < -0.39 is 0 Å². The molecule has 0 unspecified atom stereocenters. The lowest BCUT2D eigenvalue weighted by Crippen LogP contribution is -2.54. The molecular weight excluding hydrogens is 546 g/mol. The van der Waals surface area contributed by atoms with Crippen LogP contribution in [0.2, 0.25) is 5.02 Å². The summed E-state index contributed by atoms with van der Waals surface area (Å²) in [5, 5.41) is 2.28. The number of Topliss-reactive ketones (excluding diaryl/α,β-unsaturated/α-hetero) is 1. The summed E-state index contributed by atoms with van der Waals surface area (Å²) in [5.74, 6) is 0.378. The van der Waals surface area contributed by atoms with Crippen LogP contribution in [0.5, 0.6) is 0 Å². The van der Waals surface area contributed by atoms with Gasteiger partial charge < -0.3 is 14.8 Å². The van der Waals surface area contributed by atoms with E-state index in [0.717, 1.165) is 16.9 Å². The highest BCUT2D eigenvalue weighted by molar-refractivity contribution is 8.03. The zero-order valence-electron chi connectivity index (χ0n) is 22.8. The Kier molecular flexibility index (Phi) is 8.35. The first-order valence-corrected chi connectivity index (χ1v) is 14.6. The number of carbonyl (C=O) groups is 3. The van der Waals surface area contributed by atoms with Crippen molar-refractivity contribution in [2.45, 2.75) is 26.5 Å². The molecule has 0 bridgehead atoms. The lowest BCUT2D eigenvalue weighted by molar-refractivity contribution is -0.115. The number of anilines is 1. The monoisotopic (exact) mass is 577 g/mol. The lowest BCUT2D eigenvalue weighted by atomic mass is 10.1. The van der Waals surface area contributed by atoms with Gasteiger partial charge in [-0.1, -0.05) is 41.9 Å². The minimum Gasteiger partial charge on any atom is -0.369 e. The number of nitrogens with one attached hydrogen (secondary N) is 2. The van der Waals surface area contributed by atoms with Gasteiger partial charge in [0.25, 0.3) is 11.8 Å². The van der Waals surface area contributed by atoms with Crippen molar-refractivity contribution in [3.63, 3.8) is 0 Å². The summed E-state index contributed by atoms with van der Waals surface area (Å²) in [6.07, 6.45) is 0. The molecule has 2 aromatic carbocycles. The van der Waals surface area contributed by atoms with E-state index in [1.54, 1.807) is 5.01 Å². The SMILES string of the molecule is CC(=O)c1c(C)[nH]c(C(=O)N2CCN(C3=C(SCc4ccc(Cl)cc4)C(=O)N(c4ccccc4)NC3)CC2)c1C. The molecule has 5 rings (SSSR count). The summed E-state index contributed by atoms with van der Waals surface area (Å²) >= 11 is 7.59. The predicted octanol–water partition coefficient (Wildman–Crippen LogP) is 4.94. The third-order valence-electron chi connectivity index (χ3n) is 7.33. The van der Waals surface area contributed by atoms with Crippen molar-refractivity contribution >= 4 is 46.6 Å². The number of H-pyrrole nitrogens is 1. The Hall–Kier alpha value is -3.53. The average molecular weight is 578 g/mol. The Morgan fingerprint density at radius 3 is 2.27 bits per heavy atom. The van der Waals surface area contributed by atoms with E-state index in [1.807, 2.05) is 73.3 Å². The summed E-state index contributed by atoms with van der Waals surface area (Å²) in [4.78, 5) is 47.0. The summed E-state index contributed by atoms with van der Waals surface area (Å²) in [7, 11) is 0. The number of hydrogen-bond donors (Lipinski definition) is 2. The first-order valence-electron chi connectivity index (χ1n) is 13.2. The van der Waals surface area contributed by atoms with Gasteiger partial charge in [0.1, 0.15) is 5.69 Å². The van der Waals surface area contributed by atoms with E-state index in [1.165, 1.54) is 18.7 Å². The van der Waals surface area contributed by atoms with Gasteiger partial charge in [0, 0.05) is 53.9 Å². The number of aromatic nitrogens is 1. The maximum atomic E-state index is 13.8. The molecule has 1 aromatic heterocycles. The van der Waals surface area contributed by atoms with Crippen LogP contribution in [0.4, 0.5) is 5.69 Å². The number of hydrazine groups is 1. The molecule has 3 heterocycles. The third kappa shape index (κ3) is 5.68. The maximum Gasteiger partial charge on any atom is 0.280 e. The zero-order valence-corrected chi connectivity index (χ0v) is 24.4. The molecule has 8 nitrogen and oxygen atoms in total. The Labute approximate surface area is 243 Å². The molecule has 1 saturated heterocycles. The standard InChI is InChI=1S/C30H32ClN5O3S/c1-19-26(21(3)37)20(2)33-27(19)29(38)35-15-13-34(14-16-35)25-17-32-36(24-7-5-4-6-8-24)30(39)28(25)40-18-22-9-11-23(31)12-10-22/h4-12,32-33H,13-18H2,1-3H3. The summed E-state index contributed by atoms with van der Waals surface area (Å²) in [6, 6.07) is 17.2. The van der Waals surface area contributed by atoms with Crippen molar-refractivity contribution < 1.29 is 14.4 Å². The van der Waals surface area contributed by atoms with E-state index in [-0.39, 0.29) is 17.6 Å². The van der Waals surface area contributed by atoms with Crippen LogP contribution >= 0.6 is 23.4 Å². The topological polar surface area (TPSA) is 88.8 Å². The molecule has 0 atom stereocenters. The number of rotatable bonds is 7. The highest BCUT2D eigenvalue weighted by Crippen LogP contribution is 2.32. The fourth-order valence-electron chi connectivity index (χ4n) is 5.28. The molecule has 0 spiro atoms. The highest BCUT2D eigenvalue weighted by Gasteiger charge is 2.33. The van der Waals surface area contributed by atoms with Crippen LogP contribution in [0, 0.1) is 13.8 Å². The van der Waals surface area contributed by atoms with Crippen LogP contribution in [-0.4, -0.2) is 65.1 Å². The van der Waals surface area contributed by atoms with Gasteiger partial charge in [-0.25, -0.2) is 10.4 Å². The Morgan fingerprint density at radius 2 is 1.65 bits per heavy atom.